The van der Waals surface area contributed by atoms with Crippen LogP contribution < -0.4 is 15.4 Å². The number of benzene rings is 1. The van der Waals surface area contributed by atoms with Gasteiger partial charge in [0.1, 0.15) is 18.1 Å². The van der Waals surface area contributed by atoms with Crippen molar-refractivity contribution in [1.82, 2.24) is 15.5 Å². The van der Waals surface area contributed by atoms with Crippen LogP contribution >= 0.6 is 23.2 Å². The molecule has 1 aromatic carbocycles. The van der Waals surface area contributed by atoms with E-state index in [0.717, 1.165) is 0 Å². The van der Waals surface area contributed by atoms with E-state index in [1.807, 2.05) is 0 Å². The molecule has 2 heterocycles. The number of hydrogen-bond acceptors (Lipinski definition) is 5. The molecule has 2 aliphatic heterocycles. The minimum atomic E-state index is -0.784. The Hall–Kier alpha value is -2.32. The lowest BCUT2D eigenvalue weighted by atomic mass is 9.97. The van der Waals surface area contributed by atoms with Crippen LogP contribution in [0.25, 0.3) is 0 Å². The summed E-state index contributed by atoms with van der Waals surface area (Å²) in [5, 5.41) is 6.25. The Bertz CT molecular complexity index is 985. The minimum absolute atomic E-state index is 0.00245. The number of hydrogen-bond donors (Lipinski definition) is 2. The van der Waals surface area contributed by atoms with Crippen molar-refractivity contribution in [3.63, 3.8) is 0 Å². The molecule has 0 spiro atoms. The highest BCUT2D eigenvalue weighted by Gasteiger charge is 2.69. The van der Waals surface area contributed by atoms with Gasteiger partial charge in [0.05, 0.1) is 11.1 Å². The van der Waals surface area contributed by atoms with Gasteiger partial charge in [-0.1, -0.05) is 37.0 Å². The van der Waals surface area contributed by atoms with Crippen molar-refractivity contribution >= 4 is 47.2 Å². The van der Waals surface area contributed by atoms with Crippen LogP contribution in [0, 0.1) is 23.2 Å². The van der Waals surface area contributed by atoms with E-state index in [1.54, 1.807) is 12.1 Å². The van der Waals surface area contributed by atoms with E-state index < -0.39 is 12.1 Å². The number of nitrogens with zero attached hydrogens (tertiary/aromatic N) is 1. The van der Waals surface area contributed by atoms with E-state index in [-0.39, 0.29) is 53.9 Å². The molecule has 8 nitrogen and oxygen atoms in total. The number of amides is 3. The number of carbonyl (C=O) groups is 4. The molecule has 0 bridgehead atoms. The number of carbonyl (C=O) groups excluding carboxylic acids is 4. The van der Waals surface area contributed by atoms with E-state index in [0.29, 0.717) is 41.6 Å². The summed E-state index contributed by atoms with van der Waals surface area (Å²) in [5.74, 6) is -0.576. The van der Waals surface area contributed by atoms with Gasteiger partial charge in [0.25, 0.3) is 5.91 Å². The summed E-state index contributed by atoms with van der Waals surface area (Å²) in [6, 6.07) is 3.24. The van der Waals surface area contributed by atoms with Gasteiger partial charge in [0.15, 0.2) is 6.61 Å². The lowest BCUT2D eigenvalue weighted by molar-refractivity contribution is -0.142. The fourth-order valence-corrected chi connectivity index (χ4v) is 5.71. The molecule has 5 unspecified atom stereocenters. The van der Waals surface area contributed by atoms with Crippen LogP contribution in [0.3, 0.4) is 0 Å². The Kier molecular flexibility index (Phi) is 6.60. The number of aldehydes is 1. The largest absolute Gasteiger partial charge is 0.482 e. The topological polar surface area (TPSA) is 105 Å². The van der Waals surface area contributed by atoms with Crippen molar-refractivity contribution in [3.05, 3.63) is 28.2 Å². The minimum Gasteiger partial charge on any atom is -0.482 e. The fraction of sp³-hybridized carbons (Fsp3) is 0.565. The molecule has 10 heteroatoms. The van der Waals surface area contributed by atoms with Crippen molar-refractivity contribution in [1.29, 1.82) is 0 Å². The van der Waals surface area contributed by atoms with Gasteiger partial charge in [-0.15, -0.1) is 0 Å². The maximum Gasteiger partial charge on any atom is 0.261 e. The number of piperidine rings is 1. The third kappa shape index (κ3) is 4.68. The van der Waals surface area contributed by atoms with E-state index in [1.165, 1.54) is 11.0 Å². The fourth-order valence-electron chi connectivity index (χ4n) is 5.25. The van der Waals surface area contributed by atoms with Gasteiger partial charge >= 0.3 is 0 Å². The lowest BCUT2D eigenvalue weighted by Crippen LogP contribution is -2.53. The number of ether oxygens (including phenoxy) is 1. The average molecular weight is 496 g/mol. The van der Waals surface area contributed by atoms with Crippen molar-refractivity contribution in [3.8, 4) is 5.75 Å². The van der Waals surface area contributed by atoms with Gasteiger partial charge < -0.3 is 25.1 Å². The average Bonchev–Trinajstić information content (AvgIpc) is 3.12. The number of halogens is 2. The Morgan fingerprint density at radius 3 is 2.76 bits per heavy atom. The zero-order valence-electron chi connectivity index (χ0n) is 18.5. The first-order valence-electron chi connectivity index (χ1n) is 11.0. The maximum absolute atomic E-state index is 13.2. The highest BCUT2D eigenvalue weighted by molar-refractivity contribution is 6.35. The van der Waals surface area contributed by atoms with Gasteiger partial charge in [0, 0.05) is 24.0 Å². The van der Waals surface area contributed by atoms with Gasteiger partial charge in [0.2, 0.25) is 11.8 Å². The van der Waals surface area contributed by atoms with Gasteiger partial charge in [-0.3, -0.25) is 14.4 Å². The molecule has 2 N–H and O–H groups in total. The predicted molar refractivity (Wildman–Crippen MR) is 122 cm³/mol. The molecule has 4 rings (SSSR count). The standard InChI is InChI=1S/C23H27Cl2N3O5/c1-23(2)15-9-28(18(30)11-33-17-4-3-13(24)8-16(17)25)20(19(15)23)22(32)27-14(10-29)7-12-5-6-26-21(12)31/h3-4,8,10,12,14-15,19-20H,5-7,9,11H2,1-2H3,(H,26,31)(H,27,32). The second kappa shape index (κ2) is 9.14. The van der Waals surface area contributed by atoms with E-state index in [4.69, 9.17) is 27.9 Å². The SMILES string of the molecule is CC1(C)C2CN(C(=O)COc3ccc(Cl)cc3Cl)C(C(=O)NC(C=O)CC3CCNC3=O)C21. The lowest BCUT2D eigenvalue weighted by Gasteiger charge is -2.31. The summed E-state index contributed by atoms with van der Waals surface area (Å²) in [6.45, 7) is 4.90. The van der Waals surface area contributed by atoms with E-state index >= 15 is 0 Å². The molecular weight excluding hydrogens is 469 g/mol. The van der Waals surface area contributed by atoms with Crippen LogP contribution in [-0.2, 0) is 19.2 Å². The van der Waals surface area contributed by atoms with Crippen molar-refractivity contribution in [2.24, 2.45) is 23.2 Å². The summed E-state index contributed by atoms with van der Waals surface area (Å²) >= 11 is 12.0. The molecule has 0 aromatic heterocycles. The Morgan fingerprint density at radius 2 is 2.12 bits per heavy atom. The predicted octanol–water partition coefficient (Wildman–Crippen LogP) is 2.07. The molecule has 3 fully saturated rings. The third-order valence-corrected chi connectivity index (χ3v) is 7.77. The highest BCUT2D eigenvalue weighted by Crippen LogP contribution is 2.64. The van der Waals surface area contributed by atoms with Gasteiger partial charge in [-0.25, -0.2) is 0 Å². The second-order valence-corrected chi connectivity index (χ2v) is 10.4. The first kappa shape index (κ1) is 23.8. The van der Waals surface area contributed by atoms with Crippen LogP contribution in [0.2, 0.25) is 10.0 Å². The summed E-state index contributed by atoms with van der Waals surface area (Å²) in [7, 11) is 0. The summed E-state index contributed by atoms with van der Waals surface area (Å²) in [6.07, 6.45) is 1.54. The quantitative estimate of drug-likeness (QED) is 0.537. The van der Waals surface area contributed by atoms with Crippen molar-refractivity contribution in [2.45, 2.75) is 38.8 Å². The van der Waals surface area contributed by atoms with Crippen LogP contribution in [-0.4, -0.2) is 60.7 Å². The summed E-state index contributed by atoms with van der Waals surface area (Å²) in [5.41, 5.74) is -0.0683. The molecule has 33 heavy (non-hydrogen) atoms. The normalized spacial score (nSPS) is 28.0. The molecule has 1 saturated carbocycles. The zero-order chi connectivity index (χ0) is 23.9. The molecular formula is C23H27Cl2N3O5. The number of fused-ring (bicyclic) bond motifs is 1. The zero-order valence-corrected chi connectivity index (χ0v) is 20.0. The highest BCUT2D eigenvalue weighted by atomic mass is 35.5. The summed E-state index contributed by atoms with van der Waals surface area (Å²) < 4.78 is 5.58. The number of rotatable bonds is 8. The summed E-state index contributed by atoms with van der Waals surface area (Å²) in [4.78, 5) is 51.3. The van der Waals surface area contributed by atoms with Gasteiger partial charge in [-0.2, -0.15) is 0 Å². The Morgan fingerprint density at radius 1 is 1.36 bits per heavy atom. The second-order valence-electron chi connectivity index (χ2n) is 9.57. The molecule has 1 aliphatic carbocycles. The van der Waals surface area contributed by atoms with E-state index in [9.17, 15) is 19.2 Å². The number of nitrogens with one attached hydrogen (secondary N) is 2. The smallest absolute Gasteiger partial charge is 0.261 e. The van der Waals surface area contributed by atoms with E-state index in [2.05, 4.69) is 24.5 Å². The first-order valence-corrected chi connectivity index (χ1v) is 11.8. The third-order valence-electron chi connectivity index (χ3n) is 7.24. The Labute approximate surface area is 202 Å². The molecule has 2 saturated heterocycles. The van der Waals surface area contributed by atoms with Crippen LogP contribution in [0.15, 0.2) is 18.2 Å². The monoisotopic (exact) mass is 495 g/mol. The van der Waals surface area contributed by atoms with Gasteiger partial charge in [-0.05, 0) is 48.3 Å². The van der Waals surface area contributed by atoms with Crippen molar-refractivity contribution < 1.29 is 23.9 Å². The molecule has 3 amide bonds. The van der Waals surface area contributed by atoms with Crippen LogP contribution in [0.1, 0.15) is 26.7 Å². The molecule has 5 atom stereocenters. The Balaban J connectivity index is 1.42. The maximum atomic E-state index is 13.2. The molecule has 1 aromatic rings. The molecule has 178 valence electrons. The molecule has 3 aliphatic rings. The van der Waals surface area contributed by atoms with Crippen LogP contribution in [0.5, 0.6) is 5.75 Å². The molecule has 0 radical (unpaired) electrons. The van der Waals surface area contributed by atoms with Crippen LogP contribution in [0.4, 0.5) is 0 Å². The first-order chi connectivity index (χ1) is 15.6. The number of likely N-dealkylation sites (tertiary alicyclic amines) is 1. The van der Waals surface area contributed by atoms with Crippen molar-refractivity contribution in [2.75, 3.05) is 19.7 Å².